The number of benzene rings is 3. The van der Waals surface area contributed by atoms with Crippen molar-refractivity contribution in [3.05, 3.63) is 111 Å². The molecule has 0 radical (unpaired) electrons. The lowest BCUT2D eigenvalue weighted by molar-refractivity contribution is -0.116. The van der Waals surface area contributed by atoms with Crippen molar-refractivity contribution < 1.29 is 9.21 Å². The molecule has 37 heavy (non-hydrogen) atoms. The number of para-hydroxylation sites is 2. The topological polar surface area (TPSA) is 74.6 Å². The summed E-state index contributed by atoms with van der Waals surface area (Å²) in [5, 5.41) is 7.56. The van der Waals surface area contributed by atoms with Gasteiger partial charge in [0.25, 0.3) is 0 Å². The predicted molar refractivity (Wildman–Crippen MR) is 148 cm³/mol. The summed E-state index contributed by atoms with van der Waals surface area (Å²) in [7, 11) is 4.03. The van der Waals surface area contributed by atoms with Crippen LogP contribution in [0.3, 0.4) is 0 Å². The Morgan fingerprint density at radius 1 is 0.919 bits per heavy atom. The van der Waals surface area contributed by atoms with Gasteiger partial charge in [0.05, 0.1) is 28.4 Å². The molecule has 2 heterocycles. The van der Waals surface area contributed by atoms with E-state index >= 15 is 0 Å². The Bertz CT molecular complexity index is 1620. The Hall–Kier alpha value is -4.32. The number of nitrogens with zero attached hydrogens (tertiary/aromatic N) is 1. The highest BCUT2D eigenvalue weighted by Crippen LogP contribution is 2.44. The van der Waals surface area contributed by atoms with Gasteiger partial charge < -0.3 is 20.0 Å². The van der Waals surface area contributed by atoms with Gasteiger partial charge in [0.15, 0.2) is 11.2 Å². The second kappa shape index (κ2) is 8.96. The largest absolute Gasteiger partial charge is 0.464 e. The molecule has 0 saturated heterocycles. The number of hydrogen-bond acceptors (Lipinski definition) is 6. The molecule has 0 saturated carbocycles. The first kappa shape index (κ1) is 23.1. The lowest BCUT2D eigenvalue weighted by Crippen LogP contribution is -2.29. The van der Waals surface area contributed by atoms with E-state index in [1.807, 2.05) is 63.5 Å². The van der Waals surface area contributed by atoms with Crippen LogP contribution in [0.5, 0.6) is 0 Å². The molecule has 0 fully saturated rings. The molecule has 1 aromatic heterocycles. The first-order valence-electron chi connectivity index (χ1n) is 12.6. The standard InChI is InChI=1S/C31H29N3O3/c1-18-8-13-28-22(14-18)31(36)23(17-37-28)30-29-26(32-24-6-4-5-7-25(24)33-30)15-20(16-27(29)35)19-9-11-21(12-10-19)34(2)3/h4-14,17,20,30,32-33H,15-16H2,1-3H3. The summed E-state index contributed by atoms with van der Waals surface area (Å²) in [6.07, 6.45) is 2.57. The molecule has 6 rings (SSSR count). The van der Waals surface area contributed by atoms with Crippen LogP contribution >= 0.6 is 0 Å². The van der Waals surface area contributed by atoms with Crippen molar-refractivity contribution in [1.29, 1.82) is 0 Å². The fraction of sp³-hybridized carbons (Fsp3) is 0.226. The number of carbonyl (C=O) groups excluding carboxylic acids is 1. The van der Waals surface area contributed by atoms with Gasteiger partial charge in [0, 0.05) is 37.5 Å². The number of ketones is 1. The Labute approximate surface area is 215 Å². The van der Waals surface area contributed by atoms with E-state index in [4.69, 9.17) is 4.42 Å². The van der Waals surface area contributed by atoms with Crippen molar-refractivity contribution in [3.63, 3.8) is 0 Å². The maximum absolute atomic E-state index is 13.8. The number of allylic oxidation sites excluding steroid dienone is 1. The number of carbonyl (C=O) groups is 1. The van der Waals surface area contributed by atoms with Gasteiger partial charge in [0.1, 0.15) is 11.8 Å². The number of Topliss-reactive ketones (excluding diaryl/α,β-unsaturated/α-hetero) is 1. The van der Waals surface area contributed by atoms with E-state index in [2.05, 4.69) is 39.8 Å². The number of fused-ring (bicyclic) bond motifs is 2. The molecule has 186 valence electrons. The Kier molecular flexibility index (Phi) is 5.60. The van der Waals surface area contributed by atoms with Crippen molar-refractivity contribution in [2.45, 2.75) is 31.7 Å². The van der Waals surface area contributed by atoms with Crippen molar-refractivity contribution >= 4 is 33.8 Å². The Morgan fingerprint density at radius 3 is 2.43 bits per heavy atom. The molecular weight excluding hydrogens is 462 g/mol. The van der Waals surface area contributed by atoms with E-state index in [0.717, 1.165) is 33.9 Å². The highest BCUT2D eigenvalue weighted by Gasteiger charge is 2.37. The van der Waals surface area contributed by atoms with Gasteiger partial charge in [-0.25, -0.2) is 0 Å². The van der Waals surface area contributed by atoms with Crippen LogP contribution in [0.4, 0.5) is 17.1 Å². The monoisotopic (exact) mass is 491 g/mol. The minimum atomic E-state index is -0.614. The molecule has 0 amide bonds. The molecule has 0 bridgehead atoms. The average molecular weight is 492 g/mol. The third kappa shape index (κ3) is 4.08. The first-order valence-corrected chi connectivity index (χ1v) is 12.6. The van der Waals surface area contributed by atoms with Gasteiger partial charge in [-0.05, 0) is 61.2 Å². The maximum Gasteiger partial charge on any atom is 0.198 e. The molecule has 2 N–H and O–H groups in total. The lowest BCUT2D eigenvalue weighted by atomic mass is 9.78. The van der Waals surface area contributed by atoms with E-state index in [9.17, 15) is 9.59 Å². The summed E-state index contributed by atoms with van der Waals surface area (Å²) >= 11 is 0. The van der Waals surface area contributed by atoms with Gasteiger partial charge in [0.2, 0.25) is 0 Å². The quantitative estimate of drug-likeness (QED) is 0.358. The van der Waals surface area contributed by atoms with Gasteiger partial charge in [-0.3, -0.25) is 9.59 Å². The molecule has 1 aliphatic heterocycles. The fourth-order valence-corrected chi connectivity index (χ4v) is 5.47. The predicted octanol–water partition coefficient (Wildman–Crippen LogP) is 6.15. The summed E-state index contributed by atoms with van der Waals surface area (Å²) in [6.45, 7) is 1.95. The molecule has 2 atom stereocenters. The van der Waals surface area contributed by atoms with Crippen molar-refractivity contribution in [2.24, 2.45) is 0 Å². The van der Waals surface area contributed by atoms with Crippen LogP contribution in [0.15, 0.2) is 93.5 Å². The normalized spacial score (nSPS) is 18.9. The van der Waals surface area contributed by atoms with E-state index < -0.39 is 6.04 Å². The molecule has 1 aliphatic carbocycles. The van der Waals surface area contributed by atoms with E-state index in [1.54, 1.807) is 0 Å². The highest BCUT2D eigenvalue weighted by atomic mass is 16.3. The van der Waals surface area contributed by atoms with Crippen LogP contribution in [0.25, 0.3) is 11.0 Å². The fourth-order valence-electron chi connectivity index (χ4n) is 5.47. The third-order valence-electron chi connectivity index (χ3n) is 7.46. The maximum atomic E-state index is 13.8. The summed E-state index contributed by atoms with van der Waals surface area (Å²) in [6, 6.07) is 21.2. The molecular formula is C31H29N3O3. The van der Waals surface area contributed by atoms with Crippen molar-refractivity contribution in [2.75, 3.05) is 29.6 Å². The number of aryl methyl sites for hydroxylation is 1. The van der Waals surface area contributed by atoms with E-state index in [-0.39, 0.29) is 17.1 Å². The smallest absolute Gasteiger partial charge is 0.198 e. The van der Waals surface area contributed by atoms with E-state index in [0.29, 0.717) is 34.9 Å². The minimum absolute atomic E-state index is 0.0319. The van der Waals surface area contributed by atoms with Crippen LogP contribution < -0.4 is 21.0 Å². The summed E-state index contributed by atoms with van der Waals surface area (Å²) in [5.41, 5.74) is 7.27. The molecule has 2 unspecified atom stereocenters. The van der Waals surface area contributed by atoms with E-state index in [1.165, 1.54) is 6.26 Å². The van der Waals surface area contributed by atoms with Crippen LogP contribution in [-0.2, 0) is 4.79 Å². The summed E-state index contributed by atoms with van der Waals surface area (Å²) in [5.74, 6) is 0.0843. The van der Waals surface area contributed by atoms with Crippen LogP contribution in [0.1, 0.15) is 41.5 Å². The van der Waals surface area contributed by atoms with Crippen LogP contribution in [-0.4, -0.2) is 19.9 Å². The average Bonchev–Trinajstić information content (AvgIpc) is 3.06. The van der Waals surface area contributed by atoms with Gasteiger partial charge >= 0.3 is 0 Å². The third-order valence-corrected chi connectivity index (χ3v) is 7.46. The van der Waals surface area contributed by atoms with Crippen molar-refractivity contribution in [3.8, 4) is 0 Å². The van der Waals surface area contributed by atoms with Crippen LogP contribution in [0, 0.1) is 6.92 Å². The number of hydrogen-bond donors (Lipinski definition) is 2. The van der Waals surface area contributed by atoms with Gasteiger partial charge in [-0.15, -0.1) is 0 Å². The van der Waals surface area contributed by atoms with Gasteiger partial charge in [-0.2, -0.15) is 0 Å². The number of rotatable bonds is 3. The number of nitrogens with one attached hydrogen (secondary N) is 2. The number of anilines is 3. The highest BCUT2D eigenvalue weighted by molar-refractivity contribution is 6.01. The zero-order valence-corrected chi connectivity index (χ0v) is 21.2. The SMILES string of the molecule is Cc1ccc2occ(C3Nc4ccccc4NC4=C3C(=O)CC(c3ccc(N(C)C)cc3)C4)c(=O)c2c1. The minimum Gasteiger partial charge on any atom is -0.464 e. The lowest BCUT2D eigenvalue weighted by Gasteiger charge is -2.29. The summed E-state index contributed by atoms with van der Waals surface area (Å²) in [4.78, 5) is 29.6. The summed E-state index contributed by atoms with van der Waals surface area (Å²) < 4.78 is 5.90. The zero-order valence-electron chi connectivity index (χ0n) is 21.2. The Morgan fingerprint density at radius 2 is 1.68 bits per heavy atom. The Balaban J connectivity index is 1.47. The molecule has 3 aromatic carbocycles. The van der Waals surface area contributed by atoms with Gasteiger partial charge in [-0.1, -0.05) is 35.9 Å². The molecule has 0 spiro atoms. The van der Waals surface area contributed by atoms with Crippen LogP contribution in [0.2, 0.25) is 0 Å². The molecule has 6 heteroatoms. The zero-order chi connectivity index (χ0) is 25.7. The molecule has 6 nitrogen and oxygen atoms in total. The molecule has 2 aliphatic rings. The molecule has 4 aromatic rings. The van der Waals surface area contributed by atoms with Crippen molar-refractivity contribution in [1.82, 2.24) is 0 Å². The first-order chi connectivity index (χ1) is 17.9. The second-order valence-corrected chi connectivity index (χ2v) is 10.2. The second-order valence-electron chi connectivity index (χ2n) is 10.2.